The van der Waals surface area contributed by atoms with Gasteiger partial charge in [0.1, 0.15) is 5.78 Å². The van der Waals surface area contributed by atoms with Gasteiger partial charge in [-0.3, -0.25) is 4.79 Å². The molecule has 1 aromatic carbocycles. The summed E-state index contributed by atoms with van der Waals surface area (Å²) in [6, 6.07) is 10.4. The van der Waals surface area contributed by atoms with Gasteiger partial charge in [-0.25, -0.2) is 0 Å². The summed E-state index contributed by atoms with van der Waals surface area (Å²) in [5.74, 6) is 1.22. The van der Waals surface area contributed by atoms with Gasteiger partial charge in [0.25, 0.3) is 0 Å². The molecule has 0 radical (unpaired) electrons. The van der Waals surface area contributed by atoms with E-state index in [1.54, 1.807) is 0 Å². The number of hydrogen-bond donors (Lipinski definition) is 0. The van der Waals surface area contributed by atoms with Crippen molar-refractivity contribution in [3.05, 3.63) is 35.9 Å². The van der Waals surface area contributed by atoms with Crippen molar-refractivity contribution in [2.45, 2.75) is 60.3 Å². The minimum Gasteiger partial charge on any atom is -0.299 e. The molecule has 0 bridgehead atoms. The van der Waals surface area contributed by atoms with E-state index >= 15 is 0 Å². The predicted octanol–water partition coefficient (Wildman–Crippen LogP) is 5.29. The van der Waals surface area contributed by atoms with Gasteiger partial charge in [0, 0.05) is 12.3 Å². The van der Waals surface area contributed by atoms with Crippen molar-refractivity contribution in [1.82, 2.24) is 0 Å². The number of benzene rings is 1. The Morgan fingerprint density at radius 3 is 2.20 bits per heavy atom. The van der Waals surface area contributed by atoms with Crippen molar-refractivity contribution >= 4 is 5.78 Å². The Balaban J connectivity index is 2.50. The van der Waals surface area contributed by atoms with Crippen LogP contribution in [0.4, 0.5) is 0 Å². The summed E-state index contributed by atoms with van der Waals surface area (Å²) < 4.78 is 0. The molecule has 1 heteroatoms. The fraction of sp³-hybridized carbons (Fsp3) is 0.632. The van der Waals surface area contributed by atoms with Gasteiger partial charge in [-0.2, -0.15) is 0 Å². The minimum atomic E-state index is 0.0775. The minimum absolute atomic E-state index is 0.0775. The molecule has 0 fully saturated rings. The van der Waals surface area contributed by atoms with E-state index in [4.69, 9.17) is 0 Å². The van der Waals surface area contributed by atoms with Gasteiger partial charge in [0.2, 0.25) is 0 Å². The first kappa shape index (κ1) is 16.9. The zero-order valence-electron chi connectivity index (χ0n) is 13.8. The van der Waals surface area contributed by atoms with Crippen LogP contribution in [0.15, 0.2) is 30.3 Å². The first-order valence-electron chi connectivity index (χ1n) is 7.87. The molecule has 0 spiro atoms. The van der Waals surface area contributed by atoms with Crippen molar-refractivity contribution < 1.29 is 4.79 Å². The molecule has 112 valence electrons. The number of ketones is 1. The monoisotopic (exact) mass is 274 g/mol. The van der Waals surface area contributed by atoms with E-state index in [0.717, 1.165) is 19.3 Å². The molecule has 0 saturated heterocycles. The molecule has 0 aliphatic heterocycles. The van der Waals surface area contributed by atoms with Crippen LogP contribution in [0.25, 0.3) is 0 Å². The van der Waals surface area contributed by atoms with Crippen molar-refractivity contribution in [3.8, 4) is 0 Å². The molecule has 0 heterocycles. The first-order valence-corrected chi connectivity index (χ1v) is 7.87. The first-order chi connectivity index (χ1) is 9.30. The van der Waals surface area contributed by atoms with Crippen LogP contribution in [0.2, 0.25) is 0 Å². The third-order valence-corrected chi connectivity index (χ3v) is 3.87. The standard InChI is InChI=1S/C19H30O/c1-15(2)14-17(19(3,4)5)18(20)13-9-12-16-10-7-6-8-11-16/h6-8,10-11,15,17H,9,12-14H2,1-5H3. The summed E-state index contributed by atoms with van der Waals surface area (Å²) >= 11 is 0. The van der Waals surface area contributed by atoms with Gasteiger partial charge in [-0.15, -0.1) is 0 Å². The maximum atomic E-state index is 12.5. The molecular weight excluding hydrogens is 244 g/mol. The number of rotatable bonds is 7. The van der Waals surface area contributed by atoms with Crippen LogP contribution >= 0.6 is 0 Å². The van der Waals surface area contributed by atoms with Gasteiger partial charge in [-0.1, -0.05) is 65.0 Å². The highest BCUT2D eigenvalue weighted by atomic mass is 16.1. The maximum absolute atomic E-state index is 12.5. The highest BCUT2D eigenvalue weighted by Crippen LogP contribution is 2.33. The highest BCUT2D eigenvalue weighted by molar-refractivity contribution is 5.81. The third kappa shape index (κ3) is 5.90. The van der Waals surface area contributed by atoms with Crippen molar-refractivity contribution in [2.75, 3.05) is 0 Å². The topological polar surface area (TPSA) is 17.1 Å². The lowest BCUT2D eigenvalue weighted by Gasteiger charge is -2.31. The zero-order valence-corrected chi connectivity index (χ0v) is 13.8. The number of carbonyl (C=O) groups is 1. The summed E-state index contributed by atoms with van der Waals surface area (Å²) in [4.78, 5) is 12.5. The normalized spacial score (nSPS) is 13.5. The van der Waals surface area contributed by atoms with Gasteiger partial charge in [0.15, 0.2) is 0 Å². The van der Waals surface area contributed by atoms with E-state index in [1.165, 1.54) is 5.56 Å². The number of carbonyl (C=O) groups excluding carboxylic acids is 1. The SMILES string of the molecule is CC(C)CC(C(=O)CCCc1ccccc1)C(C)(C)C. The van der Waals surface area contributed by atoms with Crippen molar-refractivity contribution in [3.63, 3.8) is 0 Å². The summed E-state index contributed by atoms with van der Waals surface area (Å²) in [6.07, 6.45) is 3.69. The molecule has 0 aliphatic rings. The Morgan fingerprint density at radius 2 is 1.70 bits per heavy atom. The Kier molecular flexibility index (Phi) is 6.45. The van der Waals surface area contributed by atoms with Crippen LogP contribution in [0.1, 0.15) is 59.4 Å². The molecule has 1 unspecified atom stereocenters. The van der Waals surface area contributed by atoms with Crippen LogP contribution < -0.4 is 0 Å². The van der Waals surface area contributed by atoms with Gasteiger partial charge < -0.3 is 0 Å². The van der Waals surface area contributed by atoms with Crippen LogP contribution in [0.3, 0.4) is 0 Å². The van der Waals surface area contributed by atoms with E-state index in [-0.39, 0.29) is 11.3 Å². The fourth-order valence-electron chi connectivity index (χ4n) is 2.73. The second-order valence-corrected chi connectivity index (χ2v) is 7.35. The van der Waals surface area contributed by atoms with Gasteiger partial charge in [-0.05, 0) is 36.2 Å². The second kappa shape index (κ2) is 7.61. The molecule has 1 aromatic rings. The number of aryl methyl sites for hydroxylation is 1. The van der Waals surface area contributed by atoms with E-state index in [1.807, 2.05) is 6.07 Å². The lowest BCUT2D eigenvalue weighted by Crippen LogP contribution is -2.30. The quantitative estimate of drug-likeness (QED) is 0.660. The highest BCUT2D eigenvalue weighted by Gasteiger charge is 2.30. The van der Waals surface area contributed by atoms with Crippen LogP contribution in [0.5, 0.6) is 0 Å². The van der Waals surface area contributed by atoms with Gasteiger partial charge in [0.05, 0.1) is 0 Å². The second-order valence-electron chi connectivity index (χ2n) is 7.35. The fourth-order valence-corrected chi connectivity index (χ4v) is 2.73. The van der Waals surface area contributed by atoms with E-state index in [0.29, 0.717) is 18.1 Å². The number of hydrogen-bond acceptors (Lipinski definition) is 1. The lowest BCUT2D eigenvalue weighted by atomic mass is 9.73. The Bertz CT molecular complexity index is 398. The maximum Gasteiger partial charge on any atom is 0.136 e. The Hall–Kier alpha value is -1.11. The lowest BCUT2D eigenvalue weighted by molar-refractivity contribution is -0.126. The van der Waals surface area contributed by atoms with E-state index < -0.39 is 0 Å². The average Bonchev–Trinajstić information content (AvgIpc) is 2.35. The van der Waals surface area contributed by atoms with Gasteiger partial charge >= 0.3 is 0 Å². The molecule has 0 amide bonds. The molecule has 0 N–H and O–H groups in total. The Labute approximate surface area is 124 Å². The van der Waals surface area contributed by atoms with Crippen LogP contribution in [0, 0.1) is 17.3 Å². The molecule has 1 rings (SSSR count). The molecule has 0 aromatic heterocycles. The number of Topliss-reactive ketones (excluding diaryl/α,β-unsaturated/α-hetero) is 1. The van der Waals surface area contributed by atoms with Crippen molar-refractivity contribution in [2.24, 2.45) is 17.3 Å². The smallest absolute Gasteiger partial charge is 0.136 e. The molecule has 0 saturated carbocycles. The third-order valence-electron chi connectivity index (χ3n) is 3.87. The summed E-state index contributed by atoms with van der Waals surface area (Å²) in [5, 5.41) is 0. The van der Waals surface area contributed by atoms with E-state index in [9.17, 15) is 4.79 Å². The van der Waals surface area contributed by atoms with E-state index in [2.05, 4.69) is 58.9 Å². The molecule has 1 atom stereocenters. The molecular formula is C19H30O. The zero-order chi connectivity index (χ0) is 15.2. The molecule has 1 nitrogen and oxygen atoms in total. The molecule has 0 aliphatic carbocycles. The molecule has 20 heavy (non-hydrogen) atoms. The predicted molar refractivity (Wildman–Crippen MR) is 86.8 cm³/mol. The summed E-state index contributed by atoms with van der Waals surface area (Å²) in [5.41, 5.74) is 1.41. The van der Waals surface area contributed by atoms with Crippen LogP contribution in [-0.4, -0.2) is 5.78 Å². The largest absolute Gasteiger partial charge is 0.299 e. The Morgan fingerprint density at radius 1 is 1.10 bits per heavy atom. The van der Waals surface area contributed by atoms with Crippen molar-refractivity contribution in [1.29, 1.82) is 0 Å². The summed E-state index contributed by atoms with van der Waals surface area (Å²) in [6.45, 7) is 11.0. The average molecular weight is 274 g/mol. The van der Waals surface area contributed by atoms with Crippen LogP contribution in [-0.2, 0) is 11.2 Å². The summed E-state index contributed by atoms with van der Waals surface area (Å²) in [7, 11) is 0.